The summed E-state index contributed by atoms with van der Waals surface area (Å²) in [5.41, 5.74) is 0.0840. The summed E-state index contributed by atoms with van der Waals surface area (Å²) in [6.07, 6.45) is 4.78. The van der Waals surface area contributed by atoms with Crippen LogP contribution in [0.5, 0.6) is 0 Å². The molecule has 0 aromatic carbocycles. The Balaban J connectivity index is 1.76. The Kier molecular flexibility index (Phi) is 5.23. The first kappa shape index (κ1) is 15.2. The second kappa shape index (κ2) is 6.53. The van der Waals surface area contributed by atoms with E-state index < -0.39 is 5.79 Å². The molecule has 112 valence electrons. The van der Waals surface area contributed by atoms with Crippen molar-refractivity contribution >= 4 is 0 Å². The summed E-state index contributed by atoms with van der Waals surface area (Å²) >= 11 is 0. The average molecular weight is 272 g/mol. The molecule has 2 heterocycles. The van der Waals surface area contributed by atoms with Crippen molar-refractivity contribution in [1.29, 1.82) is 0 Å². The molecule has 2 rings (SSSR count). The van der Waals surface area contributed by atoms with Crippen molar-refractivity contribution in [3.05, 3.63) is 0 Å². The summed E-state index contributed by atoms with van der Waals surface area (Å²) in [6, 6.07) is 0. The molecule has 2 aliphatic heterocycles. The standard InChI is InChI=1S/C15H28O4/c1-4-18-15(3)14(2,8-6-10-19-15)7-5-9-16-11-13-12-17-13/h13H,4-12H2,1-3H3. The van der Waals surface area contributed by atoms with Crippen LogP contribution in [-0.4, -0.2) is 44.9 Å². The van der Waals surface area contributed by atoms with Crippen LogP contribution in [-0.2, 0) is 18.9 Å². The van der Waals surface area contributed by atoms with Gasteiger partial charge >= 0.3 is 0 Å². The zero-order valence-corrected chi connectivity index (χ0v) is 12.6. The van der Waals surface area contributed by atoms with Gasteiger partial charge in [0.2, 0.25) is 0 Å². The Labute approximate surface area is 116 Å². The Morgan fingerprint density at radius 2 is 2.11 bits per heavy atom. The van der Waals surface area contributed by atoms with E-state index in [1.165, 1.54) is 0 Å². The number of hydrogen-bond donors (Lipinski definition) is 0. The van der Waals surface area contributed by atoms with E-state index in [-0.39, 0.29) is 5.41 Å². The van der Waals surface area contributed by atoms with Gasteiger partial charge in [0.05, 0.1) is 19.8 Å². The Morgan fingerprint density at radius 1 is 1.32 bits per heavy atom. The first-order valence-electron chi connectivity index (χ1n) is 7.57. The van der Waals surface area contributed by atoms with Crippen LogP contribution in [0, 0.1) is 5.41 Å². The third-order valence-electron chi connectivity index (χ3n) is 4.49. The molecule has 0 aromatic rings. The summed E-state index contributed by atoms with van der Waals surface area (Å²) < 4.78 is 22.6. The summed E-state index contributed by atoms with van der Waals surface area (Å²) in [5.74, 6) is -0.445. The summed E-state index contributed by atoms with van der Waals surface area (Å²) in [5, 5.41) is 0. The minimum atomic E-state index is -0.445. The van der Waals surface area contributed by atoms with E-state index in [1.807, 2.05) is 6.92 Å². The normalized spacial score (nSPS) is 38.4. The van der Waals surface area contributed by atoms with Crippen LogP contribution in [0.1, 0.15) is 46.5 Å². The Morgan fingerprint density at radius 3 is 2.79 bits per heavy atom. The zero-order valence-electron chi connectivity index (χ0n) is 12.6. The van der Waals surface area contributed by atoms with Gasteiger partial charge in [-0.15, -0.1) is 0 Å². The van der Waals surface area contributed by atoms with Crippen LogP contribution in [0.3, 0.4) is 0 Å². The molecular weight excluding hydrogens is 244 g/mol. The van der Waals surface area contributed by atoms with E-state index in [0.29, 0.717) is 12.7 Å². The maximum Gasteiger partial charge on any atom is 0.170 e. The molecule has 2 fully saturated rings. The van der Waals surface area contributed by atoms with Gasteiger partial charge in [0.25, 0.3) is 0 Å². The molecule has 2 aliphatic rings. The van der Waals surface area contributed by atoms with Crippen molar-refractivity contribution in [3.63, 3.8) is 0 Å². The van der Waals surface area contributed by atoms with E-state index in [0.717, 1.165) is 52.1 Å². The van der Waals surface area contributed by atoms with Gasteiger partial charge in [0.1, 0.15) is 6.10 Å². The molecule has 19 heavy (non-hydrogen) atoms. The van der Waals surface area contributed by atoms with Gasteiger partial charge in [-0.2, -0.15) is 0 Å². The molecule has 0 bridgehead atoms. The molecule has 3 unspecified atom stereocenters. The van der Waals surface area contributed by atoms with Crippen LogP contribution >= 0.6 is 0 Å². The fourth-order valence-electron chi connectivity index (χ4n) is 2.92. The molecule has 0 radical (unpaired) electrons. The fraction of sp³-hybridized carbons (Fsp3) is 1.00. The summed E-state index contributed by atoms with van der Waals surface area (Å²) in [7, 11) is 0. The third kappa shape index (κ3) is 3.91. The second-order valence-electron chi connectivity index (χ2n) is 6.03. The van der Waals surface area contributed by atoms with Gasteiger partial charge in [-0.1, -0.05) is 6.92 Å². The number of hydrogen-bond acceptors (Lipinski definition) is 4. The third-order valence-corrected chi connectivity index (χ3v) is 4.49. The van der Waals surface area contributed by atoms with Crippen LogP contribution < -0.4 is 0 Å². The highest BCUT2D eigenvalue weighted by Crippen LogP contribution is 2.46. The van der Waals surface area contributed by atoms with Gasteiger partial charge in [0.15, 0.2) is 5.79 Å². The van der Waals surface area contributed by atoms with E-state index in [2.05, 4.69) is 13.8 Å². The van der Waals surface area contributed by atoms with Crippen molar-refractivity contribution in [1.82, 2.24) is 0 Å². The largest absolute Gasteiger partial charge is 0.379 e. The molecule has 2 saturated heterocycles. The lowest BCUT2D eigenvalue weighted by molar-refractivity contribution is -0.306. The van der Waals surface area contributed by atoms with E-state index >= 15 is 0 Å². The monoisotopic (exact) mass is 272 g/mol. The van der Waals surface area contributed by atoms with Crippen LogP contribution in [0.15, 0.2) is 0 Å². The molecule has 0 aliphatic carbocycles. The molecular formula is C15H28O4. The molecule has 4 heteroatoms. The van der Waals surface area contributed by atoms with Crippen molar-refractivity contribution in [3.8, 4) is 0 Å². The van der Waals surface area contributed by atoms with Crippen LogP contribution in [0.4, 0.5) is 0 Å². The van der Waals surface area contributed by atoms with Crippen LogP contribution in [0.2, 0.25) is 0 Å². The highest BCUT2D eigenvalue weighted by Gasteiger charge is 2.48. The molecule has 3 atom stereocenters. The van der Waals surface area contributed by atoms with Gasteiger partial charge in [-0.25, -0.2) is 0 Å². The highest BCUT2D eigenvalue weighted by atomic mass is 16.7. The maximum atomic E-state index is 5.94. The minimum absolute atomic E-state index is 0.0840. The predicted molar refractivity (Wildman–Crippen MR) is 73.1 cm³/mol. The first-order valence-corrected chi connectivity index (χ1v) is 7.57. The molecule has 0 aromatic heterocycles. The summed E-state index contributed by atoms with van der Waals surface area (Å²) in [6.45, 7) is 10.3. The number of epoxide rings is 1. The van der Waals surface area contributed by atoms with Gasteiger partial charge < -0.3 is 18.9 Å². The average Bonchev–Trinajstić information content (AvgIpc) is 3.17. The molecule has 0 N–H and O–H groups in total. The molecule has 0 amide bonds. The lowest BCUT2D eigenvalue weighted by Crippen LogP contribution is -2.51. The Bertz CT molecular complexity index is 275. The van der Waals surface area contributed by atoms with Gasteiger partial charge in [-0.05, 0) is 39.5 Å². The van der Waals surface area contributed by atoms with E-state index in [1.54, 1.807) is 0 Å². The van der Waals surface area contributed by atoms with E-state index in [9.17, 15) is 0 Å². The highest BCUT2D eigenvalue weighted by molar-refractivity contribution is 4.90. The van der Waals surface area contributed by atoms with Crippen molar-refractivity contribution in [2.24, 2.45) is 5.41 Å². The topological polar surface area (TPSA) is 40.2 Å². The van der Waals surface area contributed by atoms with E-state index in [4.69, 9.17) is 18.9 Å². The van der Waals surface area contributed by atoms with Gasteiger partial charge in [-0.3, -0.25) is 0 Å². The second-order valence-corrected chi connectivity index (χ2v) is 6.03. The number of rotatable bonds is 8. The zero-order chi connectivity index (χ0) is 13.8. The van der Waals surface area contributed by atoms with Crippen molar-refractivity contribution < 1.29 is 18.9 Å². The van der Waals surface area contributed by atoms with Crippen molar-refractivity contribution in [2.75, 3.05) is 33.0 Å². The summed E-state index contributed by atoms with van der Waals surface area (Å²) in [4.78, 5) is 0. The predicted octanol–water partition coefficient (Wildman–Crippen LogP) is 2.75. The lowest BCUT2D eigenvalue weighted by Gasteiger charge is -2.49. The number of ether oxygens (including phenoxy) is 4. The minimum Gasteiger partial charge on any atom is -0.379 e. The van der Waals surface area contributed by atoms with Gasteiger partial charge in [0, 0.05) is 18.6 Å². The van der Waals surface area contributed by atoms with Crippen molar-refractivity contribution in [2.45, 2.75) is 58.3 Å². The molecule has 4 nitrogen and oxygen atoms in total. The maximum absolute atomic E-state index is 5.94. The van der Waals surface area contributed by atoms with Crippen LogP contribution in [0.25, 0.3) is 0 Å². The smallest absolute Gasteiger partial charge is 0.170 e. The SMILES string of the molecule is CCOC1(C)OCCCC1(C)CCCOCC1CO1. The molecule has 0 saturated carbocycles. The fourth-order valence-corrected chi connectivity index (χ4v) is 2.92. The first-order chi connectivity index (χ1) is 9.10. The Hall–Kier alpha value is -0.160. The lowest BCUT2D eigenvalue weighted by atomic mass is 9.73. The quantitative estimate of drug-likeness (QED) is 0.503. The molecule has 0 spiro atoms.